The van der Waals surface area contributed by atoms with Crippen molar-refractivity contribution in [2.75, 3.05) is 33.5 Å². The lowest BCUT2D eigenvalue weighted by Gasteiger charge is -2.35. The maximum absolute atomic E-state index is 13.1. The van der Waals surface area contributed by atoms with Gasteiger partial charge in [0.05, 0.1) is 31.0 Å². The third-order valence-electron chi connectivity index (χ3n) is 3.10. The minimum atomic E-state index is -0.507. The molecule has 1 atom stereocenters. The van der Waals surface area contributed by atoms with Crippen molar-refractivity contribution < 1.29 is 18.7 Å². The van der Waals surface area contributed by atoms with Crippen molar-refractivity contribution in [1.29, 1.82) is 0 Å². The molecule has 2 rings (SSSR count). The summed E-state index contributed by atoms with van der Waals surface area (Å²) in [4.78, 5) is 17.8. The summed E-state index contributed by atoms with van der Waals surface area (Å²) in [6.45, 7) is 2.04. The highest BCUT2D eigenvalue weighted by molar-refractivity contribution is 5.94. The number of nitrogens with zero attached hydrogens (tertiary/aromatic N) is 2. The van der Waals surface area contributed by atoms with Crippen LogP contribution in [0.15, 0.2) is 18.5 Å². The van der Waals surface area contributed by atoms with Crippen LogP contribution in [0.3, 0.4) is 0 Å². The lowest BCUT2D eigenvalue weighted by molar-refractivity contribution is -0.0104. The Kier molecular flexibility index (Phi) is 4.81. The molecule has 5 nitrogen and oxygen atoms in total. The van der Waals surface area contributed by atoms with E-state index in [9.17, 15) is 9.18 Å². The molecule has 0 radical (unpaired) electrons. The molecule has 0 bridgehead atoms. The minimum Gasteiger partial charge on any atom is -0.385 e. The second-order valence-electron chi connectivity index (χ2n) is 4.40. The van der Waals surface area contributed by atoms with E-state index in [0.29, 0.717) is 32.8 Å². The molecule has 1 fully saturated rings. The van der Waals surface area contributed by atoms with Gasteiger partial charge >= 0.3 is 0 Å². The summed E-state index contributed by atoms with van der Waals surface area (Å²) in [6.07, 6.45) is 3.16. The van der Waals surface area contributed by atoms with Crippen LogP contribution < -0.4 is 0 Å². The van der Waals surface area contributed by atoms with Gasteiger partial charge in [0.2, 0.25) is 0 Å². The number of halogens is 1. The van der Waals surface area contributed by atoms with Gasteiger partial charge in [-0.2, -0.15) is 0 Å². The standard InChI is InChI=1S/C13H17FN2O3/c1-18-4-2-12-9-19-5-3-16(12)13(17)10-6-11(14)8-15-7-10/h6-8,12H,2-5,9H2,1H3. The second-order valence-corrected chi connectivity index (χ2v) is 4.40. The molecule has 1 aromatic rings. The molecule has 1 aliphatic rings. The van der Waals surface area contributed by atoms with Crippen LogP contribution in [0.4, 0.5) is 4.39 Å². The molecule has 19 heavy (non-hydrogen) atoms. The van der Waals surface area contributed by atoms with E-state index in [2.05, 4.69) is 4.98 Å². The molecular formula is C13H17FN2O3. The van der Waals surface area contributed by atoms with Crippen molar-refractivity contribution in [3.63, 3.8) is 0 Å². The van der Waals surface area contributed by atoms with E-state index >= 15 is 0 Å². The van der Waals surface area contributed by atoms with Crippen molar-refractivity contribution in [2.24, 2.45) is 0 Å². The smallest absolute Gasteiger partial charge is 0.255 e. The van der Waals surface area contributed by atoms with E-state index in [4.69, 9.17) is 9.47 Å². The Balaban J connectivity index is 2.10. The van der Waals surface area contributed by atoms with E-state index in [1.54, 1.807) is 12.0 Å². The van der Waals surface area contributed by atoms with Crippen LogP contribution in [0.2, 0.25) is 0 Å². The molecule has 0 aromatic carbocycles. The fraction of sp³-hybridized carbons (Fsp3) is 0.538. The number of carbonyl (C=O) groups is 1. The number of ether oxygens (including phenoxy) is 2. The van der Waals surface area contributed by atoms with Gasteiger partial charge in [-0.3, -0.25) is 9.78 Å². The van der Waals surface area contributed by atoms with Gasteiger partial charge in [0, 0.05) is 26.5 Å². The molecule has 0 saturated carbocycles. The normalized spacial score (nSPS) is 19.5. The van der Waals surface area contributed by atoms with Crippen molar-refractivity contribution >= 4 is 5.91 Å². The van der Waals surface area contributed by atoms with Crippen LogP contribution >= 0.6 is 0 Å². The number of morpholine rings is 1. The summed E-state index contributed by atoms with van der Waals surface area (Å²) < 4.78 is 23.5. The molecule has 0 aliphatic carbocycles. The van der Waals surface area contributed by atoms with Crippen LogP contribution in [-0.4, -0.2) is 55.3 Å². The number of hydrogen-bond acceptors (Lipinski definition) is 4. The topological polar surface area (TPSA) is 51.7 Å². The zero-order chi connectivity index (χ0) is 13.7. The van der Waals surface area contributed by atoms with Crippen LogP contribution in [0.25, 0.3) is 0 Å². The first-order chi connectivity index (χ1) is 9.22. The average Bonchev–Trinajstić information content (AvgIpc) is 2.44. The molecule has 1 saturated heterocycles. The van der Waals surface area contributed by atoms with E-state index in [-0.39, 0.29) is 17.5 Å². The Morgan fingerprint density at radius 1 is 1.63 bits per heavy atom. The Morgan fingerprint density at radius 2 is 2.47 bits per heavy atom. The quantitative estimate of drug-likeness (QED) is 0.820. The number of hydrogen-bond donors (Lipinski definition) is 0. The maximum Gasteiger partial charge on any atom is 0.255 e. The molecule has 1 aromatic heterocycles. The highest BCUT2D eigenvalue weighted by Gasteiger charge is 2.28. The van der Waals surface area contributed by atoms with Gasteiger partial charge < -0.3 is 14.4 Å². The molecule has 1 aliphatic heterocycles. The number of rotatable bonds is 4. The number of carbonyl (C=O) groups excluding carboxylic acids is 1. The third-order valence-corrected chi connectivity index (χ3v) is 3.10. The van der Waals surface area contributed by atoms with Crippen LogP contribution in [0, 0.1) is 5.82 Å². The van der Waals surface area contributed by atoms with Gasteiger partial charge in [0.1, 0.15) is 5.82 Å². The Hall–Kier alpha value is -1.53. The summed E-state index contributed by atoms with van der Waals surface area (Å²) in [5.74, 6) is -0.719. The molecule has 0 spiro atoms. The second kappa shape index (κ2) is 6.58. The molecule has 0 N–H and O–H groups in total. The van der Waals surface area contributed by atoms with Gasteiger partial charge in [0.25, 0.3) is 5.91 Å². The van der Waals surface area contributed by atoms with Crippen molar-refractivity contribution in [1.82, 2.24) is 9.88 Å². The van der Waals surface area contributed by atoms with Crippen LogP contribution in [0.5, 0.6) is 0 Å². The predicted molar refractivity (Wildman–Crippen MR) is 66.3 cm³/mol. The highest BCUT2D eigenvalue weighted by atomic mass is 19.1. The zero-order valence-electron chi connectivity index (χ0n) is 10.8. The summed E-state index contributed by atoms with van der Waals surface area (Å²) >= 11 is 0. The number of pyridine rings is 1. The number of aromatic nitrogens is 1. The van der Waals surface area contributed by atoms with Crippen molar-refractivity contribution in [3.8, 4) is 0 Å². The summed E-state index contributed by atoms with van der Waals surface area (Å²) in [7, 11) is 1.62. The van der Waals surface area contributed by atoms with Gasteiger partial charge in [-0.1, -0.05) is 0 Å². The highest BCUT2D eigenvalue weighted by Crippen LogP contribution is 2.15. The van der Waals surface area contributed by atoms with E-state index in [1.807, 2.05) is 0 Å². The number of methoxy groups -OCH3 is 1. The maximum atomic E-state index is 13.1. The molecule has 1 unspecified atom stereocenters. The minimum absolute atomic E-state index is 0.0375. The molecular weight excluding hydrogens is 251 g/mol. The summed E-state index contributed by atoms with van der Waals surface area (Å²) in [6, 6.07) is 1.17. The van der Waals surface area contributed by atoms with E-state index in [1.165, 1.54) is 12.3 Å². The van der Waals surface area contributed by atoms with Crippen molar-refractivity contribution in [3.05, 3.63) is 29.8 Å². The first kappa shape index (κ1) is 13.9. The van der Waals surface area contributed by atoms with Gasteiger partial charge in [-0.05, 0) is 12.5 Å². The first-order valence-electron chi connectivity index (χ1n) is 6.20. The summed E-state index contributed by atoms with van der Waals surface area (Å²) in [5, 5.41) is 0. The molecule has 6 heteroatoms. The van der Waals surface area contributed by atoms with Gasteiger partial charge in [-0.25, -0.2) is 4.39 Å². The molecule has 1 amide bonds. The van der Waals surface area contributed by atoms with E-state index in [0.717, 1.165) is 6.20 Å². The molecule has 2 heterocycles. The fourth-order valence-corrected chi connectivity index (χ4v) is 2.11. The predicted octanol–water partition coefficient (Wildman–Crippen LogP) is 1.10. The largest absolute Gasteiger partial charge is 0.385 e. The SMILES string of the molecule is COCCC1COCCN1C(=O)c1cncc(F)c1. The lowest BCUT2D eigenvalue weighted by atomic mass is 10.1. The van der Waals surface area contributed by atoms with Crippen LogP contribution in [-0.2, 0) is 9.47 Å². The zero-order valence-corrected chi connectivity index (χ0v) is 10.8. The van der Waals surface area contributed by atoms with E-state index < -0.39 is 5.82 Å². The Morgan fingerprint density at radius 3 is 3.21 bits per heavy atom. The van der Waals surface area contributed by atoms with Gasteiger partial charge in [0.15, 0.2) is 0 Å². The van der Waals surface area contributed by atoms with Gasteiger partial charge in [-0.15, -0.1) is 0 Å². The fourth-order valence-electron chi connectivity index (χ4n) is 2.11. The molecule has 104 valence electrons. The lowest BCUT2D eigenvalue weighted by Crippen LogP contribution is -2.49. The Bertz CT molecular complexity index is 442. The average molecular weight is 268 g/mol. The number of amides is 1. The van der Waals surface area contributed by atoms with Crippen LogP contribution in [0.1, 0.15) is 16.8 Å². The first-order valence-corrected chi connectivity index (χ1v) is 6.20. The summed E-state index contributed by atoms with van der Waals surface area (Å²) in [5.41, 5.74) is 0.268. The van der Waals surface area contributed by atoms with Crippen molar-refractivity contribution in [2.45, 2.75) is 12.5 Å². The Labute approximate surface area is 111 Å². The monoisotopic (exact) mass is 268 g/mol. The third kappa shape index (κ3) is 3.48.